The number of non-ortho nitro benzene ring substituents is 1. The fourth-order valence-corrected chi connectivity index (χ4v) is 2.41. The van der Waals surface area contributed by atoms with Crippen molar-refractivity contribution in [2.75, 3.05) is 38.6 Å². The molecule has 0 unspecified atom stereocenters. The van der Waals surface area contributed by atoms with Crippen LogP contribution in [-0.4, -0.2) is 43.6 Å². The minimum atomic E-state index is -0.540. The normalized spacial score (nSPS) is 14.6. The van der Waals surface area contributed by atoms with E-state index in [4.69, 9.17) is 0 Å². The van der Waals surface area contributed by atoms with Crippen molar-refractivity contribution in [3.63, 3.8) is 0 Å². The van der Waals surface area contributed by atoms with Crippen LogP contribution >= 0.6 is 0 Å². The van der Waals surface area contributed by atoms with Crippen molar-refractivity contribution in [1.82, 2.24) is 4.90 Å². The molecule has 0 atom stereocenters. The molecule has 0 radical (unpaired) electrons. The number of nitrogens with zero attached hydrogens (tertiary/aromatic N) is 3. The Balaban J connectivity index is 2.30. The van der Waals surface area contributed by atoms with Crippen LogP contribution in [0, 0.1) is 15.9 Å². The van der Waals surface area contributed by atoms with E-state index in [9.17, 15) is 14.5 Å². The molecule has 2 rings (SSSR count). The van der Waals surface area contributed by atoms with Crippen LogP contribution in [0.1, 0.15) is 12.0 Å². The van der Waals surface area contributed by atoms with Crippen molar-refractivity contribution in [1.29, 1.82) is 0 Å². The van der Waals surface area contributed by atoms with E-state index in [-0.39, 0.29) is 5.69 Å². The molecule has 0 saturated heterocycles. The standard InChI is InChI=1S/C13H18FN3O2/c1-15(2)6-7-16-5-3-4-10-8-11(17(18)19)9-12(14)13(10)16/h8-9H,3-7H2,1-2H3. The van der Waals surface area contributed by atoms with E-state index >= 15 is 0 Å². The van der Waals surface area contributed by atoms with Crippen molar-refractivity contribution < 1.29 is 9.31 Å². The first kappa shape index (κ1) is 13.7. The van der Waals surface area contributed by atoms with Crippen molar-refractivity contribution >= 4 is 11.4 Å². The molecule has 0 N–H and O–H groups in total. The zero-order valence-electron chi connectivity index (χ0n) is 11.2. The van der Waals surface area contributed by atoms with Crippen molar-refractivity contribution in [3.05, 3.63) is 33.6 Å². The Morgan fingerprint density at radius 2 is 2.21 bits per heavy atom. The van der Waals surface area contributed by atoms with Crippen LogP contribution in [0.2, 0.25) is 0 Å². The maximum Gasteiger partial charge on any atom is 0.272 e. The van der Waals surface area contributed by atoms with E-state index in [2.05, 4.69) is 0 Å². The lowest BCUT2D eigenvalue weighted by Crippen LogP contribution is -2.36. The first-order valence-corrected chi connectivity index (χ1v) is 6.35. The molecule has 1 aromatic rings. The van der Waals surface area contributed by atoms with Gasteiger partial charge in [-0.15, -0.1) is 0 Å². The number of rotatable bonds is 4. The number of aryl methyl sites for hydroxylation is 1. The molecule has 0 spiro atoms. The molecule has 6 heteroatoms. The third-order valence-electron chi connectivity index (χ3n) is 3.35. The van der Waals surface area contributed by atoms with Gasteiger partial charge in [-0.3, -0.25) is 10.1 Å². The SMILES string of the molecule is CN(C)CCN1CCCc2cc([N+](=O)[O-])cc(F)c21. The van der Waals surface area contributed by atoms with E-state index in [1.54, 1.807) is 0 Å². The maximum absolute atomic E-state index is 14.1. The van der Waals surface area contributed by atoms with Crippen LogP contribution in [-0.2, 0) is 6.42 Å². The van der Waals surface area contributed by atoms with E-state index in [0.717, 1.165) is 37.7 Å². The fourth-order valence-electron chi connectivity index (χ4n) is 2.41. The molecule has 104 valence electrons. The van der Waals surface area contributed by atoms with Gasteiger partial charge in [-0.2, -0.15) is 0 Å². The summed E-state index contributed by atoms with van der Waals surface area (Å²) in [5, 5.41) is 10.8. The second kappa shape index (κ2) is 5.52. The van der Waals surface area contributed by atoms with Gasteiger partial charge >= 0.3 is 0 Å². The Morgan fingerprint density at radius 1 is 1.47 bits per heavy atom. The molecule has 1 aromatic carbocycles. The molecule has 0 bridgehead atoms. The van der Waals surface area contributed by atoms with Gasteiger partial charge in [-0.05, 0) is 32.5 Å². The summed E-state index contributed by atoms with van der Waals surface area (Å²) in [7, 11) is 3.94. The number of hydrogen-bond acceptors (Lipinski definition) is 4. The Hall–Kier alpha value is -1.69. The third-order valence-corrected chi connectivity index (χ3v) is 3.35. The molecule has 1 heterocycles. The van der Waals surface area contributed by atoms with Crippen LogP contribution in [0.5, 0.6) is 0 Å². The summed E-state index contributed by atoms with van der Waals surface area (Å²) < 4.78 is 14.1. The van der Waals surface area contributed by atoms with E-state index in [0.29, 0.717) is 12.1 Å². The van der Waals surface area contributed by atoms with Gasteiger partial charge in [0.05, 0.1) is 16.7 Å². The summed E-state index contributed by atoms with van der Waals surface area (Å²) in [6.45, 7) is 2.36. The van der Waals surface area contributed by atoms with E-state index in [1.807, 2.05) is 23.9 Å². The second-order valence-corrected chi connectivity index (χ2v) is 5.09. The monoisotopic (exact) mass is 267 g/mol. The number of nitro groups is 1. The van der Waals surface area contributed by atoms with Crippen LogP contribution in [0.15, 0.2) is 12.1 Å². The van der Waals surface area contributed by atoms with Gasteiger partial charge in [0.2, 0.25) is 0 Å². The number of hydrogen-bond donors (Lipinski definition) is 0. The molecule has 0 aromatic heterocycles. The van der Waals surface area contributed by atoms with Gasteiger partial charge in [0, 0.05) is 25.7 Å². The first-order valence-electron chi connectivity index (χ1n) is 6.35. The van der Waals surface area contributed by atoms with Gasteiger partial charge < -0.3 is 9.80 Å². The molecule has 1 aliphatic rings. The van der Waals surface area contributed by atoms with Gasteiger partial charge in [0.25, 0.3) is 5.69 Å². The lowest BCUT2D eigenvalue weighted by molar-refractivity contribution is -0.385. The molecule has 5 nitrogen and oxygen atoms in total. The highest BCUT2D eigenvalue weighted by Crippen LogP contribution is 2.33. The van der Waals surface area contributed by atoms with Crippen LogP contribution in [0.3, 0.4) is 0 Å². The number of halogens is 1. The topological polar surface area (TPSA) is 49.6 Å². The molecule has 0 amide bonds. The minimum absolute atomic E-state index is 0.161. The molecule has 0 saturated carbocycles. The number of nitro benzene ring substituents is 1. The molecule has 0 fully saturated rings. The highest BCUT2D eigenvalue weighted by atomic mass is 19.1. The smallest absolute Gasteiger partial charge is 0.272 e. The maximum atomic E-state index is 14.1. The number of fused-ring (bicyclic) bond motifs is 1. The highest BCUT2D eigenvalue weighted by Gasteiger charge is 2.24. The number of benzene rings is 1. The highest BCUT2D eigenvalue weighted by molar-refractivity contribution is 5.60. The Bertz CT molecular complexity index is 491. The van der Waals surface area contributed by atoms with Crippen LogP contribution in [0.4, 0.5) is 15.8 Å². The minimum Gasteiger partial charge on any atom is -0.368 e. The van der Waals surface area contributed by atoms with Crippen molar-refractivity contribution in [3.8, 4) is 0 Å². The first-order chi connectivity index (χ1) is 8.99. The summed E-state index contributed by atoms with van der Waals surface area (Å²) in [6, 6.07) is 2.52. The molecular weight excluding hydrogens is 249 g/mol. The van der Waals surface area contributed by atoms with Crippen LogP contribution in [0.25, 0.3) is 0 Å². The van der Waals surface area contributed by atoms with Gasteiger partial charge in [-0.1, -0.05) is 0 Å². The average molecular weight is 267 g/mol. The zero-order chi connectivity index (χ0) is 14.0. The van der Waals surface area contributed by atoms with E-state index in [1.165, 1.54) is 6.07 Å². The summed E-state index contributed by atoms with van der Waals surface area (Å²) in [4.78, 5) is 14.2. The van der Waals surface area contributed by atoms with Crippen molar-refractivity contribution in [2.24, 2.45) is 0 Å². The lowest BCUT2D eigenvalue weighted by Gasteiger charge is -2.32. The van der Waals surface area contributed by atoms with Crippen molar-refractivity contribution in [2.45, 2.75) is 12.8 Å². The predicted octanol–water partition coefficient (Wildman–Crippen LogP) is 2.05. The van der Waals surface area contributed by atoms with Gasteiger partial charge in [0.1, 0.15) is 0 Å². The molecule has 0 aliphatic carbocycles. The summed E-state index contributed by atoms with van der Waals surface area (Å²) in [5.74, 6) is -0.484. The average Bonchev–Trinajstić information content (AvgIpc) is 2.35. The number of likely N-dealkylation sites (N-methyl/N-ethyl adjacent to an activating group) is 1. The Kier molecular flexibility index (Phi) is 3.99. The molecule has 1 aliphatic heterocycles. The summed E-state index contributed by atoms with van der Waals surface area (Å²) in [6.07, 6.45) is 1.60. The number of anilines is 1. The van der Waals surface area contributed by atoms with E-state index < -0.39 is 10.7 Å². The molecule has 19 heavy (non-hydrogen) atoms. The quantitative estimate of drug-likeness (QED) is 0.619. The molecular formula is C13H18FN3O2. The third kappa shape index (κ3) is 3.01. The second-order valence-electron chi connectivity index (χ2n) is 5.09. The Morgan fingerprint density at radius 3 is 2.84 bits per heavy atom. The van der Waals surface area contributed by atoms with Gasteiger partial charge in [-0.25, -0.2) is 4.39 Å². The van der Waals surface area contributed by atoms with Gasteiger partial charge in [0.15, 0.2) is 5.82 Å². The largest absolute Gasteiger partial charge is 0.368 e. The lowest BCUT2D eigenvalue weighted by atomic mass is 10.0. The Labute approximate surface area is 111 Å². The summed E-state index contributed by atoms with van der Waals surface area (Å²) >= 11 is 0. The zero-order valence-corrected chi connectivity index (χ0v) is 11.2. The van der Waals surface area contributed by atoms with Crippen LogP contribution < -0.4 is 4.90 Å². The predicted molar refractivity (Wildman–Crippen MR) is 72.1 cm³/mol. The fraction of sp³-hybridized carbons (Fsp3) is 0.538. The summed E-state index contributed by atoms with van der Waals surface area (Å²) in [5.41, 5.74) is 1.13.